The molecule has 0 unspecified atom stereocenters. The second-order valence-electron chi connectivity index (χ2n) is 13.5. The van der Waals surface area contributed by atoms with Gasteiger partial charge in [0.2, 0.25) is 0 Å². The first-order chi connectivity index (χ1) is 20.9. The first-order valence-corrected chi connectivity index (χ1v) is 15.1. The molecule has 5 rings (SSSR count). The van der Waals surface area contributed by atoms with E-state index in [-0.39, 0.29) is 30.6 Å². The van der Waals surface area contributed by atoms with Crippen LogP contribution in [-0.2, 0) is 38.1 Å². The van der Waals surface area contributed by atoms with E-state index in [9.17, 15) is 34.5 Å². The van der Waals surface area contributed by atoms with Crippen LogP contribution in [0.5, 0.6) is 0 Å². The van der Waals surface area contributed by atoms with Gasteiger partial charge in [-0.25, -0.2) is 4.79 Å². The maximum Gasteiger partial charge on any atom is 0.338 e. The maximum absolute atomic E-state index is 13.7. The van der Waals surface area contributed by atoms with E-state index in [4.69, 9.17) is 23.7 Å². The lowest BCUT2D eigenvalue weighted by Crippen LogP contribution is -2.79. The van der Waals surface area contributed by atoms with E-state index < -0.39 is 88.5 Å². The summed E-state index contributed by atoms with van der Waals surface area (Å²) in [4.78, 5) is 51.9. The molecule has 1 aromatic carbocycles. The molecular formula is C33H42O12. The summed E-state index contributed by atoms with van der Waals surface area (Å²) in [5, 5.41) is 36.2. The standard InChI is InChI=1S/C33H42O12/c1-16-21(37)14-32(30(5,6)40)24(16)25(44-29(39)20-11-9-8-10-12-20)27(38)31(7)22(42-17(2)34)13-23-33(15-41-23,45-19(4)36)26(31)28(32)43-18(3)35/h8-12,21-23,25-28,37-38,40H,13-15H2,1-7H3/t21-,22-,23+,25+,26-,27-,28-,31+,32-,33-/m0/s1. The molecule has 12 nitrogen and oxygen atoms in total. The average molecular weight is 631 g/mol. The van der Waals surface area contributed by atoms with Gasteiger partial charge in [-0.3, -0.25) is 14.4 Å². The van der Waals surface area contributed by atoms with Crippen molar-refractivity contribution in [2.24, 2.45) is 16.7 Å². The summed E-state index contributed by atoms with van der Waals surface area (Å²) < 4.78 is 30.1. The van der Waals surface area contributed by atoms with Crippen molar-refractivity contribution in [1.82, 2.24) is 0 Å². The van der Waals surface area contributed by atoms with Gasteiger partial charge in [0.15, 0.2) is 11.7 Å². The molecule has 246 valence electrons. The van der Waals surface area contributed by atoms with Crippen LogP contribution in [0.3, 0.4) is 0 Å². The minimum atomic E-state index is -1.80. The van der Waals surface area contributed by atoms with Gasteiger partial charge >= 0.3 is 23.9 Å². The third-order valence-electron chi connectivity index (χ3n) is 10.6. The van der Waals surface area contributed by atoms with Gasteiger partial charge in [-0.05, 0) is 50.5 Å². The topological polar surface area (TPSA) is 175 Å². The molecule has 0 radical (unpaired) electrons. The maximum atomic E-state index is 13.7. The Balaban J connectivity index is 1.87. The Bertz CT molecular complexity index is 1410. The summed E-state index contributed by atoms with van der Waals surface area (Å²) in [6.45, 7) is 9.66. The summed E-state index contributed by atoms with van der Waals surface area (Å²) in [6, 6.07) is 8.11. The minimum absolute atomic E-state index is 0.000758. The highest BCUT2D eigenvalue weighted by molar-refractivity contribution is 5.89. The van der Waals surface area contributed by atoms with Gasteiger partial charge in [-0.15, -0.1) is 0 Å². The second kappa shape index (κ2) is 11.2. The quantitative estimate of drug-likeness (QED) is 0.237. The van der Waals surface area contributed by atoms with Gasteiger partial charge in [0.25, 0.3) is 0 Å². The molecule has 45 heavy (non-hydrogen) atoms. The number of aliphatic hydroxyl groups is 3. The molecule has 1 aromatic rings. The molecule has 4 aliphatic rings. The Labute approximate surface area is 261 Å². The van der Waals surface area contributed by atoms with Crippen LogP contribution in [0.25, 0.3) is 0 Å². The fourth-order valence-electron chi connectivity index (χ4n) is 8.63. The van der Waals surface area contributed by atoms with Crippen molar-refractivity contribution in [3.8, 4) is 0 Å². The van der Waals surface area contributed by atoms with Gasteiger partial charge < -0.3 is 39.0 Å². The van der Waals surface area contributed by atoms with Crippen molar-refractivity contribution in [3.05, 3.63) is 47.0 Å². The Morgan fingerprint density at radius 1 is 0.956 bits per heavy atom. The van der Waals surface area contributed by atoms with E-state index in [1.807, 2.05) is 0 Å². The number of carbonyl (C=O) groups excluding carboxylic acids is 4. The summed E-state index contributed by atoms with van der Waals surface area (Å²) in [7, 11) is 0. The summed E-state index contributed by atoms with van der Waals surface area (Å²) in [5.41, 5.74) is -5.97. The van der Waals surface area contributed by atoms with Crippen molar-refractivity contribution < 1.29 is 58.2 Å². The molecule has 3 fully saturated rings. The number of aliphatic hydroxyl groups excluding tert-OH is 2. The van der Waals surface area contributed by atoms with Crippen LogP contribution in [0.2, 0.25) is 0 Å². The smallest absolute Gasteiger partial charge is 0.338 e. The van der Waals surface area contributed by atoms with Gasteiger partial charge in [0, 0.05) is 32.6 Å². The number of benzene rings is 1. The van der Waals surface area contributed by atoms with Crippen LogP contribution in [0.4, 0.5) is 0 Å². The average Bonchev–Trinajstić information content (AvgIpc) is 3.18. The lowest BCUT2D eigenvalue weighted by molar-refractivity contribution is -0.352. The highest BCUT2D eigenvalue weighted by Gasteiger charge is 2.80. The molecule has 3 aliphatic carbocycles. The Hall–Kier alpha value is -3.32. The van der Waals surface area contributed by atoms with E-state index in [0.29, 0.717) is 5.57 Å². The number of carbonyl (C=O) groups is 4. The number of esters is 4. The van der Waals surface area contributed by atoms with Gasteiger partial charge in [-0.1, -0.05) is 25.1 Å². The highest BCUT2D eigenvalue weighted by Crippen LogP contribution is 2.68. The largest absolute Gasteiger partial charge is 0.462 e. The van der Waals surface area contributed by atoms with Crippen LogP contribution in [0.15, 0.2) is 41.5 Å². The first-order valence-electron chi connectivity index (χ1n) is 15.1. The van der Waals surface area contributed by atoms with Crippen molar-refractivity contribution in [2.45, 2.75) is 109 Å². The summed E-state index contributed by atoms with van der Waals surface area (Å²) >= 11 is 0. The zero-order valence-corrected chi connectivity index (χ0v) is 26.6. The van der Waals surface area contributed by atoms with Crippen molar-refractivity contribution in [1.29, 1.82) is 0 Å². The van der Waals surface area contributed by atoms with Gasteiger partial charge in [-0.2, -0.15) is 0 Å². The molecule has 10 atom stereocenters. The molecule has 12 heteroatoms. The Morgan fingerprint density at radius 3 is 2.09 bits per heavy atom. The molecular weight excluding hydrogens is 588 g/mol. The number of hydrogen-bond donors (Lipinski definition) is 3. The zero-order chi connectivity index (χ0) is 33.3. The van der Waals surface area contributed by atoms with Gasteiger partial charge in [0.1, 0.15) is 24.4 Å². The highest BCUT2D eigenvalue weighted by atomic mass is 16.6. The fraction of sp³-hybridized carbons (Fsp3) is 0.636. The number of rotatable bonds is 6. The Kier molecular flexibility index (Phi) is 8.21. The van der Waals surface area contributed by atoms with Crippen LogP contribution >= 0.6 is 0 Å². The molecule has 0 amide bonds. The van der Waals surface area contributed by atoms with E-state index >= 15 is 0 Å². The van der Waals surface area contributed by atoms with Crippen molar-refractivity contribution >= 4 is 23.9 Å². The molecule has 3 N–H and O–H groups in total. The monoisotopic (exact) mass is 630 g/mol. The number of fused-ring (bicyclic) bond motifs is 4. The summed E-state index contributed by atoms with van der Waals surface area (Å²) in [5.74, 6) is -4.07. The van der Waals surface area contributed by atoms with E-state index in [0.717, 1.165) is 0 Å². The first kappa shape index (κ1) is 33.1. The molecule has 2 saturated carbocycles. The lowest BCUT2D eigenvalue weighted by atomic mass is 9.49. The molecule has 0 spiro atoms. The van der Waals surface area contributed by atoms with Gasteiger partial charge in [0.05, 0.1) is 35.2 Å². The lowest BCUT2D eigenvalue weighted by Gasteiger charge is -2.65. The van der Waals surface area contributed by atoms with Crippen LogP contribution in [0.1, 0.15) is 71.7 Å². The number of hydrogen-bond acceptors (Lipinski definition) is 12. The number of ether oxygens (including phenoxy) is 5. The predicted octanol–water partition coefficient (Wildman–Crippen LogP) is 2.02. The zero-order valence-electron chi connectivity index (χ0n) is 26.6. The van der Waals surface area contributed by atoms with Crippen LogP contribution in [-0.4, -0.2) is 93.6 Å². The van der Waals surface area contributed by atoms with E-state index in [1.165, 1.54) is 34.6 Å². The molecule has 1 heterocycles. The Morgan fingerprint density at radius 2 is 1.58 bits per heavy atom. The normalized spacial score (nSPS) is 38.8. The fourth-order valence-corrected chi connectivity index (χ4v) is 8.63. The van der Waals surface area contributed by atoms with Crippen molar-refractivity contribution in [3.63, 3.8) is 0 Å². The summed E-state index contributed by atoms with van der Waals surface area (Å²) in [6.07, 6.45) is -7.94. The molecule has 0 bridgehead atoms. The predicted molar refractivity (Wildman–Crippen MR) is 155 cm³/mol. The third kappa shape index (κ3) is 4.88. The second-order valence-corrected chi connectivity index (χ2v) is 13.5. The van der Waals surface area contributed by atoms with E-state index in [2.05, 4.69) is 0 Å². The van der Waals surface area contributed by atoms with E-state index in [1.54, 1.807) is 44.2 Å². The SMILES string of the molecule is CC(=O)O[C@H]1C[C@H]2OC[C@@]2(OC(C)=O)[C@H]2[C@H](OC(C)=O)[C@]3(C(C)(C)O)C[C@H](O)C(C)=C3[C@@H](OC(=O)c3ccccc3)[C@H](O)[C@]12C. The van der Waals surface area contributed by atoms with Crippen molar-refractivity contribution in [2.75, 3.05) is 6.61 Å². The van der Waals surface area contributed by atoms with Crippen LogP contribution in [0, 0.1) is 16.7 Å². The molecule has 0 aromatic heterocycles. The minimum Gasteiger partial charge on any atom is -0.462 e. The van der Waals surface area contributed by atoms with Crippen LogP contribution < -0.4 is 0 Å². The third-order valence-corrected chi connectivity index (χ3v) is 10.6. The molecule has 1 saturated heterocycles. The molecule has 1 aliphatic heterocycles.